The van der Waals surface area contributed by atoms with Crippen LogP contribution in [0.1, 0.15) is 17.3 Å². The molecule has 2 aromatic carbocycles. The summed E-state index contributed by atoms with van der Waals surface area (Å²) in [5.74, 6) is -1.64. The molecule has 0 saturated heterocycles. The van der Waals surface area contributed by atoms with Crippen LogP contribution in [-0.4, -0.2) is 33.4 Å². The molecule has 0 saturated carbocycles. The molecule has 0 fully saturated rings. The van der Waals surface area contributed by atoms with Crippen LogP contribution in [0.5, 0.6) is 11.5 Å². The summed E-state index contributed by atoms with van der Waals surface area (Å²) < 4.78 is 46.1. The molecule has 1 unspecified atom stereocenters. The monoisotopic (exact) mass is 411 g/mol. The number of amides is 2. The minimum absolute atomic E-state index is 0.0785. The molecule has 2 rings (SSSR count). The molecular formula is C17H18FN3O6S. The van der Waals surface area contributed by atoms with Crippen molar-refractivity contribution in [3.63, 3.8) is 0 Å². The number of carbonyl (C=O) groups is 2. The molecule has 11 heteroatoms. The van der Waals surface area contributed by atoms with Crippen molar-refractivity contribution in [1.82, 2.24) is 10.9 Å². The maximum atomic E-state index is 12.9. The Labute approximate surface area is 160 Å². The normalized spacial score (nSPS) is 12.0. The van der Waals surface area contributed by atoms with Crippen molar-refractivity contribution < 1.29 is 31.9 Å². The fourth-order valence-corrected chi connectivity index (χ4v) is 2.64. The number of sulfonamides is 1. The van der Waals surface area contributed by atoms with Crippen molar-refractivity contribution in [3.05, 3.63) is 53.8 Å². The molecule has 150 valence electrons. The zero-order valence-corrected chi connectivity index (χ0v) is 15.7. The molecule has 4 N–H and O–H groups in total. The topological polar surface area (TPSA) is 137 Å². The quantitative estimate of drug-likeness (QED) is 0.599. The molecule has 2 amide bonds. The average molecular weight is 411 g/mol. The van der Waals surface area contributed by atoms with Gasteiger partial charge in [-0.15, -0.1) is 0 Å². The summed E-state index contributed by atoms with van der Waals surface area (Å²) in [5.41, 5.74) is 4.13. The lowest BCUT2D eigenvalue weighted by Gasteiger charge is -2.16. The van der Waals surface area contributed by atoms with Gasteiger partial charge in [0.2, 0.25) is 10.0 Å². The highest BCUT2D eigenvalue weighted by Crippen LogP contribution is 2.21. The minimum atomic E-state index is -4.04. The highest BCUT2D eigenvalue weighted by atomic mass is 32.2. The van der Waals surface area contributed by atoms with Gasteiger partial charge in [-0.1, -0.05) is 0 Å². The van der Waals surface area contributed by atoms with Crippen molar-refractivity contribution >= 4 is 21.8 Å². The highest BCUT2D eigenvalue weighted by molar-refractivity contribution is 7.89. The SMILES string of the molecule is COc1ccc(S(N)(=O)=O)cc1C(=O)NNC(=O)C(C)Oc1ccc(F)cc1. The van der Waals surface area contributed by atoms with Gasteiger partial charge in [0.25, 0.3) is 11.8 Å². The van der Waals surface area contributed by atoms with E-state index in [0.717, 1.165) is 6.07 Å². The lowest BCUT2D eigenvalue weighted by Crippen LogP contribution is -2.47. The first kappa shape index (κ1) is 21.1. The predicted molar refractivity (Wildman–Crippen MR) is 96.5 cm³/mol. The average Bonchev–Trinajstić information content (AvgIpc) is 2.66. The van der Waals surface area contributed by atoms with Crippen LogP contribution in [0.3, 0.4) is 0 Å². The fourth-order valence-electron chi connectivity index (χ4n) is 2.10. The Kier molecular flexibility index (Phi) is 6.54. The third kappa shape index (κ3) is 5.41. The van der Waals surface area contributed by atoms with Crippen LogP contribution >= 0.6 is 0 Å². The summed E-state index contributed by atoms with van der Waals surface area (Å²) in [4.78, 5) is 24.1. The van der Waals surface area contributed by atoms with E-state index < -0.39 is 33.8 Å². The Bertz CT molecular complexity index is 979. The van der Waals surface area contributed by atoms with Gasteiger partial charge in [-0.3, -0.25) is 20.4 Å². The molecular weight excluding hydrogens is 393 g/mol. The van der Waals surface area contributed by atoms with Crippen molar-refractivity contribution in [2.75, 3.05) is 7.11 Å². The molecule has 28 heavy (non-hydrogen) atoms. The highest BCUT2D eigenvalue weighted by Gasteiger charge is 2.20. The largest absolute Gasteiger partial charge is 0.496 e. The second-order valence-electron chi connectivity index (χ2n) is 5.56. The summed E-state index contributed by atoms with van der Waals surface area (Å²) >= 11 is 0. The first-order valence-electron chi connectivity index (χ1n) is 7.85. The van der Waals surface area contributed by atoms with E-state index in [4.69, 9.17) is 14.6 Å². The summed E-state index contributed by atoms with van der Waals surface area (Å²) in [7, 11) is -2.74. The zero-order chi connectivity index (χ0) is 20.9. The minimum Gasteiger partial charge on any atom is -0.496 e. The summed E-state index contributed by atoms with van der Waals surface area (Å²) in [6.45, 7) is 1.42. The van der Waals surface area contributed by atoms with Crippen molar-refractivity contribution in [2.45, 2.75) is 17.9 Å². The van der Waals surface area contributed by atoms with Gasteiger partial charge in [0.15, 0.2) is 6.10 Å². The van der Waals surface area contributed by atoms with Gasteiger partial charge in [-0.25, -0.2) is 17.9 Å². The molecule has 1 atom stereocenters. The summed E-state index contributed by atoms with van der Waals surface area (Å²) in [6, 6.07) is 8.51. The van der Waals surface area contributed by atoms with Crippen molar-refractivity contribution in [2.24, 2.45) is 5.14 Å². The number of halogens is 1. The van der Waals surface area contributed by atoms with Crippen molar-refractivity contribution in [1.29, 1.82) is 0 Å². The van der Waals surface area contributed by atoms with Gasteiger partial charge >= 0.3 is 0 Å². The van der Waals surface area contributed by atoms with E-state index in [-0.39, 0.29) is 22.0 Å². The van der Waals surface area contributed by atoms with Gasteiger partial charge in [-0.05, 0) is 49.4 Å². The maximum absolute atomic E-state index is 12.9. The molecule has 0 heterocycles. The Morgan fingerprint density at radius 2 is 1.75 bits per heavy atom. The number of nitrogens with one attached hydrogen (secondary N) is 2. The lowest BCUT2D eigenvalue weighted by atomic mass is 10.2. The van der Waals surface area contributed by atoms with Crippen LogP contribution in [0, 0.1) is 5.82 Å². The molecule has 0 bridgehead atoms. The van der Waals surface area contributed by atoms with E-state index in [0.29, 0.717) is 0 Å². The number of hydrazine groups is 1. The van der Waals surface area contributed by atoms with Gasteiger partial charge in [0.05, 0.1) is 17.6 Å². The molecule has 0 spiro atoms. The number of primary sulfonamides is 1. The number of nitrogens with two attached hydrogens (primary N) is 1. The first-order valence-corrected chi connectivity index (χ1v) is 9.39. The van der Waals surface area contributed by atoms with Gasteiger partial charge < -0.3 is 9.47 Å². The van der Waals surface area contributed by atoms with Crippen LogP contribution in [0.25, 0.3) is 0 Å². The molecule has 0 radical (unpaired) electrons. The van der Waals surface area contributed by atoms with Gasteiger partial charge in [0.1, 0.15) is 17.3 Å². The summed E-state index contributed by atoms with van der Waals surface area (Å²) in [5, 5.41) is 5.05. The van der Waals surface area contributed by atoms with E-state index in [1.165, 1.54) is 50.4 Å². The molecule has 0 aliphatic carbocycles. The van der Waals surface area contributed by atoms with E-state index in [2.05, 4.69) is 10.9 Å². The van der Waals surface area contributed by atoms with Crippen LogP contribution in [-0.2, 0) is 14.8 Å². The number of ether oxygens (including phenoxy) is 2. The number of carbonyl (C=O) groups excluding carboxylic acids is 2. The molecule has 9 nitrogen and oxygen atoms in total. The van der Waals surface area contributed by atoms with E-state index in [1.54, 1.807) is 0 Å². The molecule has 0 aliphatic rings. The predicted octanol–water partition coefficient (Wildman–Crippen LogP) is 0.710. The lowest BCUT2D eigenvalue weighted by molar-refractivity contribution is -0.128. The van der Waals surface area contributed by atoms with E-state index >= 15 is 0 Å². The molecule has 0 aliphatic heterocycles. The zero-order valence-electron chi connectivity index (χ0n) is 14.9. The summed E-state index contributed by atoms with van der Waals surface area (Å²) in [6.07, 6.45) is -1.01. The Morgan fingerprint density at radius 1 is 1.11 bits per heavy atom. The number of methoxy groups -OCH3 is 1. The van der Waals surface area contributed by atoms with Gasteiger partial charge in [0, 0.05) is 0 Å². The number of hydrogen-bond donors (Lipinski definition) is 3. The fraction of sp³-hybridized carbons (Fsp3) is 0.176. The maximum Gasteiger partial charge on any atom is 0.279 e. The molecule has 2 aromatic rings. The third-order valence-electron chi connectivity index (χ3n) is 3.54. The molecule has 0 aromatic heterocycles. The number of rotatable bonds is 6. The van der Waals surface area contributed by atoms with Gasteiger partial charge in [-0.2, -0.15) is 0 Å². The number of hydrogen-bond acceptors (Lipinski definition) is 6. The standard InChI is InChI=1S/C17H18FN3O6S/c1-10(27-12-5-3-11(18)4-6-12)16(22)20-21-17(23)14-9-13(28(19,24)25)7-8-15(14)26-2/h3-10H,1-2H3,(H,20,22)(H,21,23)(H2,19,24,25). The second-order valence-corrected chi connectivity index (χ2v) is 7.13. The van der Waals surface area contributed by atoms with Crippen LogP contribution < -0.4 is 25.5 Å². The number of benzene rings is 2. The van der Waals surface area contributed by atoms with Crippen molar-refractivity contribution in [3.8, 4) is 11.5 Å². The third-order valence-corrected chi connectivity index (χ3v) is 4.45. The van der Waals surface area contributed by atoms with E-state index in [1.807, 2.05) is 0 Å². The van der Waals surface area contributed by atoms with Crippen LogP contribution in [0.2, 0.25) is 0 Å². The van der Waals surface area contributed by atoms with E-state index in [9.17, 15) is 22.4 Å². The smallest absolute Gasteiger partial charge is 0.279 e. The van der Waals surface area contributed by atoms with Crippen LogP contribution in [0.15, 0.2) is 47.4 Å². The van der Waals surface area contributed by atoms with Crippen LogP contribution in [0.4, 0.5) is 4.39 Å². The Morgan fingerprint density at radius 3 is 2.32 bits per heavy atom. The second kappa shape index (κ2) is 8.67. The Hall–Kier alpha value is -3.18. The first-order chi connectivity index (χ1) is 13.1. The Balaban J connectivity index is 2.04.